The summed E-state index contributed by atoms with van der Waals surface area (Å²) in [7, 11) is 1.55. The third-order valence-electron chi connectivity index (χ3n) is 5.30. The number of methoxy groups -OCH3 is 1. The van der Waals surface area contributed by atoms with Gasteiger partial charge in [0.2, 0.25) is 0 Å². The summed E-state index contributed by atoms with van der Waals surface area (Å²) < 4.78 is 11.0. The summed E-state index contributed by atoms with van der Waals surface area (Å²) in [5, 5.41) is 7.78. The van der Waals surface area contributed by atoms with Crippen LogP contribution in [-0.2, 0) is 0 Å². The molecule has 2 aromatic rings. The number of aromatic nitrogens is 2. The second-order valence-electron chi connectivity index (χ2n) is 7.13. The molecule has 2 heterocycles. The SMILES string of the molecule is CCOc1c(Cl)cc(C(=O)N2CCCCC[C@H]2c2c(C)n[nH]c2C)cc1OC. The van der Waals surface area contributed by atoms with Crippen molar-refractivity contribution in [2.45, 2.75) is 52.5 Å². The minimum atomic E-state index is -0.0462. The zero-order chi connectivity index (χ0) is 20.3. The van der Waals surface area contributed by atoms with E-state index >= 15 is 0 Å². The number of carbonyl (C=O) groups excluding carboxylic acids is 1. The Bertz CT molecular complexity index is 830. The van der Waals surface area contributed by atoms with Crippen molar-refractivity contribution >= 4 is 17.5 Å². The van der Waals surface area contributed by atoms with Crippen molar-refractivity contribution < 1.29 is 14.3 Å². The molecule has 28 heavy (non-hydrogen) atoms. The number of carbonyl (C=O) groups is 1. The molecule has 6 nitrogen and oxygen atoms in total. The number of halogens is 1. The number of aromatic amines is 1. The molecule has 3 rings (SSSR count). The average Bonchev–Trinajstić information content (AvgIpc) is 2.87. The summed E-state index contributed by atoms with van der Waals surface area (Å²) >= 11 is 6.40. The lowest BCUT2D eigenvalue weighted by Crippen LogP contribution is -2.35. The molecule has 1 atom stereocenters. The predicted octanol–water partition coefficient (Wildman–Crippen LogP) is 4.84. The van der Waals surface area contributed by atoms with Gasteiger partial charge in [0.25, 0.3) is 5.91 Å². The summed E-state index contributed by atoms with van der Waals surface area (Å²) in [6.45, 7) is 7.06. The van der Waals surface area contributed by atoms with E-state index in [2.05, 4.69) is 10.2 Å². The maximum atomic E-state index is 13.5. The number of aryl methyl sites for hydroxylation is 2. The van der Waals surface area contributed by atoms with E-state index in [-0.39, 0.29) is 11.9 Å². The van der Waals surface area contributed by atoms with Crippen LogP contribution in [0.1, 0.15) is 66.0 Å². The number of hydrogen-bond donors (Lipinski definition) is 1. The lowest BCUT2D eigenvalue weighted by Gasteiger charge is -2.31. The summed E-state index contributed by atoms with van der Waals surface area (Å²) in [4.78, 5) is 15.5. The van der Waals surface area contributed by atoms with E-state index in [1.807, 2.05) is 25.7 Å². The minimum absolute atomic E-state index is 0.00471. The van der Waals surface area contributed by atoms with E-state index in [1.54, 1.807) is 19.2 Å². The molecule has 152 valence electrons. The maximum Gasteiger partial charge on any atom is 0.254 e. The Morgan fingerprint density at radius 1 is 1.32 bits per heavy atom. The number of hydrogen-bond acceptors (Lipinski definition) is 4. The molecule has 7 heteroatoms. The lowest BCUT2D eigenvalue weighted by atomic mass is 9.98. The van der Waals surface area contributed by atoms with Crippen LogP contribution in [0.15, 0.2) is 12.1 Å². The first-order valence-electron chi connectivity index (χ1n) is 9.80. The molecule has 0 radical (unpaired) electrons. The van der Waals surface area contributed by atoms with Crippen LogP contribution in [-0.4, -0.2) is 41.3 Å². The minimum Gasteiger partial charge on any atom is -0.493 e. The Hall–Kier alpha value is -2.21. The number of amides is 1. The average molecular weight is 406 g/mol. The van der Waals surface area contributed by atoms with Gasteiger partial charge in [-0.15, -0.1) is 0 Å². The first-order valence-corrected chi connectivity index (χ1v) is 10.2. The normalized spacial score (nSPS) is 17.3. The quantitative estimate of drug-likeness (QED) is 0.772. The zero-order valence-corrected chi connectivity index (χ0v) is 17.7. The Morgan fingerprint density at radius 2 is 2.11 bits per heavy atom. The van der Waals surface area contributed by atoms with Crippen molar-refractivity contribution in [3.8, 4) is 11.5 Å². The molecule has 1 aromatic carbocycles. The molecule has 0 unspecified atom stereocenters. The predicted molar refractivity (Wildman–Crippen MR) is 109 cm³/mol. The van der Waals surface area contributed by atoms with Crippen LogP contribution < -0.4 is 9.47 Å². The van der Waals surface area contributed by atoms with Crippen LogP contribution in [0.4, 0.5) is 0 Å². The largest absolute Gasteiger partial charge is 0.493 e. The second-order valence-corrected chi connectivity index (χ2v) is 7.54. The standard InChI is InChI=1S/C21H28ClN3O3/c1-5-28-20-16(22)11-15(12-18(20)27-4)21(26)25-10-8-6-7-9-17(25)19-13(2)23-24-14(19)3/h11-12,17H,5-10H2,1-4H3,(H,23,24)/t17-/m0/s1. The molecule has 1 amide bonds. The van der Waals surface area contributed by atoms with Crippen LogP contribution in [0, 0.1) is 13.8 Å². The zero-order valence-electron chi connectivity index (χ0n) is 17.0. The van der Waals surface area contributed by atoms with Crippen LogP contribution in [0.3, 0.4) is 0 Å². The van der Waals surface area contributed by atoms with Crippen molar-refractivity contribution in [1.82, 2.24) is 15.1 Å². The summed E-state index contributed by atoms with van der Waals surface area (Å²) in [5.41, 5.74) is 3.60. The smallest absolute Gasteiger partial charge is 0.254 e. The molecule has 1 aromatic heterocycles. The van der Waals surface area contributed by atoms with Gasteiger partial charge in [-0.3, -0.25) is 9.89 Å². The summed E-state index contributed by atoms with van der Waals surface area (Å²) in [5.74, 6) is 0.895. The molecule has 1 aliphatic rings. The molecule has 1 N–H and O–H groups in total. The maximum absolute atomic E-state index is 13.5. The van der Waals surface area contributed by atoms with Gasteiger partial charge in [-0.25, -0.2) is 0 Å². The van der Waals surface area contributed by atoms with Gasteiger partial charge in [0, 0.05) is 23.4 Å². The second kappa shape index (κ2) is 8.86. The Morgan fingerprint density at radius 3 is 2.75 bits per heavy atom. The number of H-pyrrole nitrogens is 1. The van der Waals surface area contributed by atoms with Gasteiger partial charge >= 0.3 is 0 Å². The topological polar surface area (TPSA) is 67.5 Å². The highest BCUT2D eigenvalue weighted by Gasteiger charge is 2.31. The molecule has 1 fully saturated rings. The molecule has 0 saturated carbocycles. The molecule has 0 spiro atoms. The first kappa shape index (κ1) is 20.5. The number of nitrogens with zero attached hydrogens (tertiary/aromatic N) is 2. The van der Waals surface area contributed by atoms with Gasteiger partial charge in [0.05, 0.1) is 30.5 Å². The Labute approximate surface area is 171 Å². The van der Waals surface area contributed by atoms with Gasteiger partial charge in [-0.05, 0) is 45.7 Å². The molecule has 1 aliphatic heterocycles. The summed E-state index contributed by atoms with van der Waals surface area (Å²) in [6.07, 6.45) is 4.12. The molecular formula is C21H28ClN3O3. The van der Waals surface area contributed by atoms with Crippen LogP contribution in [0.5, 0.6) is 11.5 Å². The van der Waals surface area contributed by atoms with E-state index in [1.165, 1.54) is 0 Å². The number of benzene rings is 1. The van der Waals surface area contributed by atoms with E-state index in [4.69, 9.17) is 21.1 Å². The van der Waals surface area contributed by atoms with E-state index in [0.29, 0.717) is 35.2 Å². The van der Waals surface area contributed by atoms with Gasteiger partial charge in [0.1, 0.15) is 0 Å². The highest BCUT2D eigenvalue weighted by Crippen LogP contribution is 2.39. The van der Waals surface area contributed by atoms with Crippen LogP contribution in [0.25, 0.3) is 0 Å². The van der Waals surface area contributed by atoms with Crippen molar-refractivity contribution in [1.29, 1.82) is 0 Å². The number of rotatable bonds is 5. The van der Waals surface area contributed by atoms with Crippen molar-refractivity contribution in [3.05, 3.63) is 39.7 Å². The highest BCUT2D eigenvalue weighted by molar-refractivity contribution is 6.32. The van der Waals surface area contributed by atoms with Crippen molar-refractivity contribution in [2.75, 3.05) is 20.3 Å². The van der Waals surface area contributed by atoms with Gasteiger partial charge in [-0.1, -0.05) is 24.4 Å². The fraction of sp³-hybridized carbons (Fsp3) is 0.524. The number of nitrogens with one attached hydrogen (secondary N) is 1. The fourth-order valence-corrected chi connectivity index (χ4v) is 4.26. The highest BCUT2D eigenvalue weighted by atomic mass is 35.5. The van der Waals surface area contributed by atoms with E-state index < -0.39 is 0 Å². The summed E-state index contributed by atoms with van der Waals surface area (Å²) in [6, 6.07) is 3.40. The molecule has 0 bridgehead atoms. The number of likely N-dealkylation sites (tertiary alicyclic amines) is 1. The Kier molecular flexibility index (Phi) is 6.50. The van der Waals surface area contributed by atoms with Crippen molar-refractivity contribution in [3.63, 3.8) is 0 Å². The molecule has 0 aliphatic carbocycles. The van der Waals surface area contributed by atoms with E-state index in [9.17, 15) is 4.79 Å². The van der Waals surface area contributed by atoms with E-state index in [0.717, 1.165) is 42.6 Å². The lowest BCUT2D eigenvalue weighted by molar-refractivity contribution is 0.0679. The van der Waals surface area contributed by atoms with Crippen LogP contribution >= 0.6 is 11.6 Å². The monoisotopic (exact) mass is 405 g/mol. The fourth-order valence-electron chi connectivity index (χ4n) is 4.00. The third-order valence-corrected chi connectivity index (χ3v) is 5.58. The molecular weight excluding hydrogens is 378 g/mol. The van der Waals surface area contributed by atoms with Gasteiger partial charge in [0.15, 0.2) is 11.5 Å². The third kappa shape index (κ3) is 3.97. The van der Waals surface area contributed by atoms with Gasteiger partial charge in [-0.2, -0.15) is 5.10 Å². The Balaban J connectivity index is 2.00. The van der Waals surface area contributed by atoms with Crippen molar-refractivity contribution in [2.24, 2.45) is 0 Å². The number of ether oxygens (including phenoxy) is 2. The van der Waals surface area contributed by atoms with Crippen LogP contribution in [0.2, 0.25) is 5.02 Å². The molecule has 1 saturated heterocycles. The first-order chi connectivity index (χ1) is 13.5. The van der Waals surface area contributed by atoms with Gasteiger partial charge < -0.3 is 14.4 Å².